The van der Waals surface area contributed by atoms with Gasteiger partial charge in [-0.3, -0.25) is 4.79 Å². The molecule has 0 atom stereocenters. The normalized spacial score (nSPS) is 10.6. The van der Waals surface area contributed by atoms with E-state index in [2.05, 4.69) is 4.74 Å². The average molecular weight is 290 g/mol. The predicted molar refractivity (Wildman–Crippen MR) is 76.8 cm³/mol. The second kappa shape index (κ2) is 7.53. The van der Waals surface area contributed by atoms with E-state index in [1.54, 1.807) is 12.1 Å². The lowest BCUT2D eigenvalue weighted by Gasteiger charge is -2.06. The summed E-state index contributed by atoms with van der Waals surface area (Å²) in [5, 5.41) is 0. The van der Waals surface area contributed by atoms with E-state index in [9.17, 15) is 13.6 Å². The zero-order valence-corrected chi connectivity index (χ0v) is 11.5. The first kappa shape index (κ1) is 15.2. The summed E-state index contributed by atoms with van der Waals surface area (Å²) in [5.74, 6) is -0.0513. The fourth-order valence-electron chi connectivity index (χ4n) is 2.09. The van der Waals surface area contributed by atoms with Crippen LogP contribution in [0.5, 0.6) is 5.75 Å². The number of ketones is 1. The van der Waals surface area contributed by atoms with Crippen LogP contribution >= 0.6 is 0 Å². The molecular formula is C17H16F2O2. The van der Waals surface area contributed by atoms with E-state index in [4.69, 9.17) is 0 Å². The molecule has 0 fully saturated rings. The van der Waals surface area contributed by atoms with Gasteiger partial charge < -0.3 is 4.74 Å². The molecule has 0 N–H and O–H groups in total. The summed E-state index contributed by atoms with van der Waals surface area (Å²) in [6.45, 7) is -2.88. The molecule has 0 heterocycles. The van der Waals surface area contributed by atoms with Gasteiger partial charge in [-0.2, -0.15) is 8.78 Å². The monoisotopic (exact) mass is 290 g/mol. The van der Waals surface area contributed by atoms with Crippen molar-refractivity contribution in [2.24, 2.45) is 0 Å². The molecule has 2 aromatic rings. The minimum absolute atomic E-state index is 0.0129. The Bertz CT molecular complexity index is 582. The molecule has 0 aliphatic carbocycles. The SMILES string of the molecule is O=C(CCCc1ccccc1)c1cccc(OC(F)F)c1. The van der Waals surface area contributed by atoms with E-state index in [1.165, 1.54) is 17.7 Å². The van der Waals surface area contributed by atoms with Crippen LogP contribution in [0, 0.1) is 0 Å². The van der Waals surface area contributed by atoms with Gasteiger partial charge in [-0.1, -0.05) is 42.5 Å². The standard InChI is InChI=1S/C17H16F2O2/c18-17(19)21-15-10-5-9-14(12-15)16(20)11-4-8-13-6-2-1-3-7-13/h1-3,5-7,9-10,12,17H,4,8,11H2. The molecule has 2 aromatic carbocycles. The maximum absolute atomic E-state index is 12.1. The molecule has 0 unspecified atom stereocenters. The van der Waals surface area contributed by atoms with Crippen molar-refractivity contribution in [3.8, 4) is 5.75 Å². The molecule has 0 bridgehead atoms. The van der Waals surface area contributed by atoms with Gasteiger partial charge in [-0.25, -0.2) is 0 Å². The first-order valence-corrected chi connectivity index (χ1v) is 6.77. The van der Waals surface area contributed by atoms with Gasteiger partial charge in [0.1, 0.15) is 5.75 Å². The quantitative estimate of drug-likeness (QED) is 0.702. The molecule has 110 valence electrons. The van der Waals surface area contributed by atoms with Crippen LogP contribution in [0.1, 0.15) is 28.8 Å². The Morgan fingerprint density at radius 3 is 2.52 bits per heavy atom. The molecule has 0 radical (unpaired) electrons. The van der Waals surface area contributed by atoms with Crippen molar-refractivity contribution in [2.45, 2.75) is 25.9 Å². The number of Topliss-reactive ketones (excluding diaryl/α,β-unsaturated/α-hetero) is 1. The first-order valence-electron chi connectivity index (χ1n) is 6.77. The number of alkyl halides is 2. The van der Waals surface area contributed by atoms with Crippen molar-refractivity contribution in [1.82, 2.24) is 0 Å². The van der Waals surface area contributed by atoms with Crippen molar-refractivity contribution in [1.29, 1.82) is 0 Å². The number of carbonyl (C=O) groups excluding carboxylic acids is 1. The lowest BCUT2D eigenvalue weighted by Crippen LogP contribution is -2.04. The Kier molecular flexibility index (Phi) is 5.43. The Balaban J connectivity index is 1.88. The molecule has 0 amide bonds. The predicted octanol–water partition coefficient (Wildman–Crippen LogP) is 4.49. The van der Waals surface area contributed by atoms with Crippen molar-refractivity contribution in [2.75, 3.05) is 0 Å². The minimum Gasteiger partial charge on any atom is -0.435 e. The molecular weight excluding hydrogens is 274 g/mol. The molecule has 2 rings (SSSR count). The van der Waals surface area contributed by atoms with E-state index in [0.717, 1.165) is 12.8 Å². The fraction of sp³-hybridized carbons (Fsp3) is 0.235. The summed E-state index contributed by atoms with van der Waals surface area (Å²) >= 11 is 0. The number of benzene rings is 2. The van der Waals surface area contributed by atoms with Gasteiger partial charge in [0.25, 0.3) is 0 Å². The van der Waals surface area contributed by atoms with Crippen LogP contribution < -0.4 is 4.74 Å². The molecule has 0 saturated carbocycles. The van der Waals surface area contributed by atoms with Gasteiger partial charge in [0.15, 0.2) is 5.78 Å². The van der Waals surface area contributed by atoms with Crippen molar-refractivity contribution in [3.05, 3.63) is 65.7 Å². The maximum Gasteiger partial charge on any atom is 0.387 e. The van der Waals surface area contributed by atoms with Crippen LogP contribution in [0.3, 0.4) is 0 Å². The van der Waals surface area contributed by atoms with Crippen LogP contribution in [0.15, 0.2) is 54.6 Å². The van der Waals surface area contributed by atoms with Crippen molar-refractivity contribution in [3.63, 3.8) is 0 Å². The van der Waals surface area contributed by atoms with Gasteiger partial charge in [0.2, 0.25) is 0 Å². The Hall–Kier alpha value is -2.23. The molecule has 0 spiro atoms. The van der Waals surface area contributed by atoms with Gasteiger partial charge in [0, 0.05) is 12.0 Å². The lowest BCUT2D eigenvalue weighted by molar-refractivity contribution is -0.0498. The van der Waals surface area contributed by atoms with Crippen LogP contribution in [0.25, 0.3) is 0 Å². The van der Waals surface area contributed by atoms with E-state index >= 15 is 0 Å². The number of hydrogen-bond donors (Lipinski definition) is 0. The summed E-state index contributed by atoms with van der Waals surface area (Å²) in [6.07, 6.45) is 1.93. The number of hydrogen-bond acceptors (Lipinski definition) is 2. The van der Waals surface area contributed by atoms with Gasteiger partial charge in [0.05, 0.1) is 0 Å². The number of aryl methyl sites for hydroxylation is 1. The van der Waals surface area contributed by atoms with Crippen molar-refractivity contribution >= 4 is 5.78 Å². The van der Waals surface area contributed by atoms with Gasteiger partial charge >= 0.3 is 6.61 Å². The first-order chi connectivity index (χ1) is 10.1. The summed E-state index contributed by atoms with van der Waals surface area (Å²) in [7, 11) is 0. The number of rotatable bonds is 7. The highest BCUT2D eigenvalue weighted by Crippen LogP contribution is 2.18. The second-order valence-electron chi connectivity index (χ2n) is 4.67. The third-order valence-corrected chi connectivity index (χ3v) is 3.09. The summed E-state index contributed by atoms with van der Waals surface area (Å²) in [6, 6.07) is 15.8. The Labute approximate surface area is 122 Å². The van der Waals surface area contributed by atoms with Crippen molar-refractivity contribution < 1.29 is 18.3 Å². The largest absolute Gasteiger partial charge is 0.435 e. The fourth-order valence-corrected chi connectivity index (χ4v) is 2.09. The molecule has 0 aromatic heterocycles. The molecule has 4 heteroatoms. The zero-order chi connectivity index (χ0) is 15.1. The summed E-state index contributed by atoms with van der Waals surface area (Å²) in [5.41, 5.74) is 1.58. The zero-order valence-electron chi connectivity index (χ0n) is 11.5. The number of ether oxygens (including phenoxy) is 1. The molecule has 21 heavy (non-hydrogen) atoms. The summed E-state index contributed by atoms with van der Waals surface area (Å²) in [4.78, 5) is 12.0. The van der Waals surface area contributed by atoms with Gasteiger partial charge in [-0.15, -0.1) is 0 Å². The topological polar surface area (TPSA) is 26.3 Å². The van der Waals surface area contributed by atoms with E-state index < -0.39 is 6.61 Å². The third-order valence-electron chi connectivity index (χ3n) is 3.09. The highest BCUT2D eigenvalue weighted by molar-refractivity contribution is 5.96. The smallest absolute Gasteiger partial charge is 0.387 e. The van der Waals surface area contributed by atoms with Crippen LogP contribution in [0.4, 0.5) is 8.78 Å². The Morgan fingerprint density at radius 1 is 1.05 bits per heavy atom. The molecule has 0 aliphatic rings. The molecule has 0 aliphatic heterocycles. The Morgan fingerprint density at radius 2 is 1.81 bits per heavy atom. The molecule has 2 nitrogen and oxygen atoms in total. The third kappa shape index (κ3) is 4.99. The van der Waals surface area contributed by atoms with Gasteiger partial charge in [-0.05, 0) is 30.5 Å². The van der Waals surface area contributed by atoms with Crippen LogP contribution in [-0.4, -0.2) is 12.4 Å². The highest BCUT2D eigenvalue weighted by Gasteiger charge is 2.09. The van der Waals surface area contributed by atoms with Crippen LogP contribution in [-0.2, 0) is 6.42 Å². The average Bonchev–Trinajstić information content (AvgIpc) is 2.48. The lowest BCUT2D eigenvalue weighted by atomic mass is 10.0. The summed E-state index contributed by atoms with van der Waals surface area (Å²) < 4.78 is 28.6. The number of halogens is 2. The van der Waals surface area contributed by atoms with Crippen LogP contribution in [0.2, 0.25) is 0 Å². The van der Waals surface area contributed by atoms with E-state index in [0.29, 0.717) is 12.0 Å². The maximum atomic E-state index is 12.1. The number of carbonyl (C=O) groups is 1. The van der Waals surface area contributed by atoms with E-state index in [-0.39, 0.29) is 11.5 Å². The highest BCUT2D eigenvalue weighted by atomic mass is 19.3. The minimum atomic E-state index is -2.88. The van der Waals surface area contributed by atoms with E-state index in [1.807, 2.05) is 30.3 Å². The molecule has 0 saturated heterocycles. The second-order valence-corrected chi connectivity index (χ2v) is 4.67.